The van der Waals surface area contributed by atoms with Crippen LogP contribution in [0.5, 0.6) is 0 Å². The number of rotatable bonds is 7. The van der Waals surface area contributed by atoms with Gasteiger partial charge in [-0.2, -0.15) is 0 Å². The Kier molecular flexibility index (Phi) is 6.24. The number of carbonyl (C=O) groups excluding carboxylic acids is 1. The lowest BCUT2D eigenvalue weighted by molar-refractivity contribution is -0.384. The molecule has 0 spiro atoms. The molecule has 1 rings (SSSR count). The van der Waals surface area contributed by atoms with Gasteiger partial charge in [0.25, 0.3) is 5.69 Å². The van der Waals surface area contributed by atoms with Crippen molar-refractivity contribution < 1.29 is 14.5 Å². The second-order valence-corrected chi connectivity index (χ2v) is 4.18. The van der Waals surface area contributed by atoms with Crippen molar-refractivity contribution in [2.24, 2.45) is 0 Å². The van der Waals surface area contributed by atoms with Crippen molar-refractivity contribution in [3.63, 3.8) is 0 Å². The number of ether oxygens (including phenoxy) is 1. The first-order valence-corrected chi connectivity index (χ1v) is 6.21. The highest BCUT2D eigenvalue weighted by Gasteiger charge is 2.12. The lowest BCUT2D eigenvalue weighted by Gasteiger charge is -2.05. The molecule has 0 fully saturated rings. The van der Waals surface area contributed by atoms with E-state index in [1.165, 1.54) is 12.1 Å². The van der Waals surface area contributed by atoms with Crippen LogP contribution in [0.15, 0.2) is 18.2 Å². The first-order valence-electron chi connectivity index (χ1n) is 5.83. The van der Waals surface area contributed by atoms with E-state index in [9.17, 15) is 14.9 Å². The highest BCUT2D eigenvalue weighted by molar-refractivity contribution is 6.32. The zero-order chi connectivity index (χ0) is 14.3. The van der Waals surface area contributed by atoms with E-state index in [0.29, 0.717) is 19.7 Å². The van der Waals surface area contributed by atoms with Gasteiger partial charge in [0.15, 0.2) is 0 Å². The van der Waals surface area contributed by atoms with Crippen LogP contribution in [-0.4, -0.2) is 24.0 Å². The molecule has 0 unspecified atom stereocenters. The molecule has 7 heteroatoms. The van der Waals surface area contributed by atoms with E-state index >= 15 is 0 Å². The summed E-state index contributed by atoms with van der Waals surface area (Å²) < 4.78 is 4.77. The molecule has 0 heterocycles. The Morgan fingerprint density at radius 1 is 1.53 bits per heavy atom. The summed E-state index contributed by atoms with van der Waals surface area (Å²) in [7, 11) is 0. The molecule has 6 nitrogen and oxygen atoms in total. The van der Waals surface area contributed by atoms with E-state index < -0.39 is 4.92 Å². The fraction of sp³-hybridized carbons (Fsp3) is 0.417. The van der Waals surface area contributed by atoms with Crippen molar-refractivity contribution in [2.45, 2.75) is 19.9 Å². The summed E-state index contributed by atoms with van der Waals surface area (Å²) in [5.41, 5.74) is 0.617. The molecule has 0 atom stereocenters. The van der Waals surface area contributed by atoms with Crippen LogP contribution in [0.2, 0.25) is 5.02 Å². The van der Waals surface area contributed by atoms with Crippen LogP contribution >= 0.6 is 11.6 Å². The van der Waals surface area contributed by atoms with Crippen molar-refractivity contribution in [2.75, 3.05) is 13.2 Å². The van der Waals surface area contributed by atoms with Crippen LogP contribution in [0.3, 0.4) is 0 Å². The predicted octanol–water partition coefficient (Wildman–Crippen LogP) is 2.29. The third kappa shape index (κ3) is 5.23. The third-order valence-corrected chi connectivity index (χ3v) is 2.67. The maximum absolute atomic E-state index is 11.1. The largest absolute Gasteiger partial charge is 0.466 e. The number of nitrogens with one attached hydrogen (secondary N) is 1. The Bertz CT molecular complexity index is 465. The van der Waals surface area contributed by atoms with E-state index in [1.54, 1.807) is 13.0 Å². The molecule has 104 valence electrons. The van der Waals surface area contributed by atoms with Gasteiger partial charge < -0.3 is 10.1 Å². The van der Waals surface area contributed by atoms with Gasteiger partial charge in [-0.05, 0) is 18.6 Å². The van der Waals surface area contributed by atoms with Gasteiger partial charge in [-0.1, -0.05) is 17.7 Å². The van der Waals surface area contributed by atoms with Crippen LogP contribution in [0.1, 0.15) is 18.9 Å². The summed E-state index contributed by atoms with van der Waals surface area (Å²) in [5, 5.41) is 13.8. The highest BCUT2D eigenvalue weighted by atomic mass is 35.5. The van der Waals surface area contributed by atoms with E-state index in [4.69, 9.17) is 16.3 Å². The number of benzene rings is 1. The zero-order valence-corrected chi connectivity index (χ0v) is 11.3. The van der Waals surface area contributed by atoms with Gasteiger partial charge in [-0.15, -0.1) is 0 Å². The smallest absolute Gasteiger partial charge is 0.307 e. The molecule has 0 aliphatic heterocycles. The monoisotopic (exact) mass is 286 g/mol. The molecule has 19 heavy (non-hydrogen) atoms. The molecular weight excluding hydrogens is 272 g/mol. The van der Waals surface area contributed by atoms with E-state index in [1.807, 2.05) is 0 Å². The lowest BCUT2D eigenvalue weighted by atomic mass is 10.2. The van der Waals surface area contributed by atoms with Gasteiger partial charge in [-0.3, -0.25) is 14.9 Å². The standard InChI is InChI=1S/C12H15ClN2O4/c1-2-19-12(16)5-6-14-8-9-3-4-10(13)11(7-9)15(17)18/h3-4,7,14H,2,5-6,8H2,1H3. The fourth-order valence-electron chi connectivity index (χ4n) is 1.46. The summed E-state index contributed by atoms with van der Waals surface area (Å²) in [4.78, 5) is 21.3. The lowest BCUT2D eigenvalue weighted by Crippen LogP contribution is -2.19. The molecular formula is C12H15ClN2O4. The summed E-state index contributed by atoms with van der Waals surface area (Å²) in [6.07, 6.45) is 0.267. The number of carbonyl (C=O) groups is 1. The number of nitro groups is 1. The second kappa shape index (κ2) is 7.70. The van der Waals surface area contributed by atoms with Gasteiger partial charge in [-0.25, -0.2) is 0 Å². The number of halogens is 1. The zero-order valence-electron chi connectivity index (χ0n) is 10.5. The molecule has 0 aromatic heterocycles. The molecule has 0 amide bonds. The van der Waals surface area contributed by atoms with Crippen LogP contribution in [0, 0.1) is 10.1 Å². The van der Waals surface area contributed by atoms with Crippen LogP contribution in [-0.2, 0) is 16.1 Å². The Morgan fingerprint density at radius 2 is 2.26 bits per heavy atom. The van der Waals surface area contributed by atoms with E-state index in [2.05, 4.69) is 5.32 Å². The van der Waals surface area contributed by atoms with Crippen molar-refractivity contribution in [3.05, 3.63) is 38.9 Å². The Hall–Kier alpha value is -1.66. The predicted molar refractivity (Wildman–Crippen MR) is 71.1 cm³/mol. The van der Waals surface area contributed by atoms with E-state index in [0.717, 1.165) is 5.56 Å². The van der Waals surface area contributed by atoms with Crippen molar-refractivity contribution in [3.8, 4) is 0 Å². The Morgan fingerprint density at radius 3 is 2.89 bits per heavy atom. The molecule has 0 saturated carbocycles. The molecule has 0 radical (unpaired) electrons. The average molecular weight is 287 g/mol. The molecule has 1 N–H and O–H groups in total. The molecule has 0 bridgehead atoms. The maximum atomic E-state index is 11.1. The van der Waals surface area contributed by atoms with Crippen molar-refractivity contribution in [1.82, 2.24) is 5.32 Å². The molecule has 0 aliphatic carbocycles. The van der Waals surface area contributed by atoms with Gasteiger partial charge in [0.2, 0.25) is 0 Å². The topological polar surface area (TPSA) is 81.5 Å². The first kappa shape index (κ1) is 15.4. The highest BCUT2D eigenvalue weighted by Crippen LogP contribution is 2.24. The summed E-state index contributed by atoms with van der Waals surface area (Å²) in [6.45, 7) is 2.99. The van der Waals surface area contributed by atoms with Crippen LogP contribution < -0.4 is 5.32 Å². The van der Waals surface area contributed by atoms with Crippen molar-refractivity contribution in [1.29, 1.82) is 0 Å². The summed E-state index contributed by atoms with van der Waals surface area (Å²) >= 11 is 5.71. The Balaban J connectivity index is 2.44. The van der Waals surface area contributed by atoms with Gasteiger partial charge in [0.1, 0.15) is 5.02 Å². The quantitative estimate of drug-likeness (QED) is 0.360. The number of nitrogens with zero attached hydrogens (tertiary/aromatic N) is 1. The molecule has 0 aliphatic rings. The minimum absolute atomic E-state index is 0.111. The average Bonchev–Trinajstić information content (AvgIpc) is 2.36. The Labute approximate surface area is 115 Å². The van der Waals surface area contributed by atoms with E-state index in [-0.39, 0.29) is 23.1 Å². The minimum atomic E-state index is -0.523. The second-order valence-electron chi connectivity index (χ2n) is 3.77. The number of esters is 1. The van der Waals surface area contributed by atoms with Crippen molar-refractivity contribution >= 4 is 23.3 Å². The SMILES string of the molecule is CCOC(=O)CCNCc1ccc(Cl)c([N+](=O)[O-])c1. The summed E-state index contributed by atoms with van der Waals surface area (Å²) in [6, 6.07) is 4.61. The van der Waals surface area contributed by atoms with Gasteiger partial charge in [0.05, 0.1) is 18.0 Å². The maximum Gasteiger partial charge on any atom is 0.307 e. The number of nitro benzene ring substituents is 1. The molecule has 1 aromatic rings. The van der Waals surface area contributed by atoms with Crippen LogP contribution in [0.25, 0.3) is 0 Å². The van der Waals surface area contributed by atoms with Crippen LogP contribution in [0.4, 0.5) is 5.69 Å². The summed E-state index contributed by atoms with van der Waals surface area (Å²) in [5.74, 6) is -0.267. The normalized spacial score (nSPS) is 10.2. The van der Waals surface area contributed by atoms with Gasteiger partial charge in [0, 0.05) is 19.2 Å². The third-order valence-electron chi connectivity index (χ3n) is 2.35. The fourth-order valence-corrected chi connectivity index (χ4v) is 1.65. The molecule has 1 aromatic carbocycles. The first-order chi connectivity index (χ1) is 9.04. The molecule has 0 saturated heterocycles. The van der Waals surface area contributed by atoms with Gasteiger partial charge >= 0.3 is 5.97 Å². The number of hydrogen-bond acceptors (Lipinski definition) is 5. The number of hydrogen-bond donors (Lipinski definition) is 1. The minimum Gasteiger partial charge on any atom is -0.466 e.